The van der Waals surface area contributed by atoms with Crippen LogP contribution in [0.15, 0.2) is 58.0 Å². The molecule has 5 nitrogen and oxygen atoms in total. The molecule has 1 atom stereocenters. The van der Waals surface area contributed by atoms with E-state index in [4.69, 9.17) is 23.2 Å². The number of halogens is 2. The monoisotopic (exact) mass is 477 g/mol. The molecule has 1 aliphatic rings. The highest BCUT2D eigenvalue weighted by Gasteiger charge is 2.29. The molecule has 9 heteroatoms. The van der Waals surface area contributed by atoms with Gasteiger partial charge in [-0.15, -0.1) is 11.8 Å². The smallest absolute Gasteiger partial charge is 0.234 e. The Morgan fingerprint density at radius 1 is 1.23 bits per heavy atom. The van der Waals surface area contributed by atoms with Gasteiger partial charge < -0.3 is 10.6 Å². The van der Waals surface area contributed by atoms with Crippen molar-refractivity contribution in [1.29, 1.82) is 5.26 Å². The number of nitriles is 1. The largest absolute Gasteiger partial charge is 0.325 e. The topological polar surface area (TPSA) is 82.0 Å². The van der Waals surface area contributed by atoms with Crippen LogP contribution >= 0.6 is 46.7 Å². The number of hydrogen-bond donors (Lipinski definition) is 2. The van der Waals surface area contributed by atoms with Gasteiger partial charge in [0.25, 0.3) is 0 Å². The van der Waals surface area contributed by atoms with Crippen LogP contribution in [0.25, 0.3) is 0 Å². The highest BCUT2D eigenvalue weighted by atomic mass is 35.5. The molecule has 3 rings (SSSR count). The van der Waals surface area contributed by atoms with Crippen molar-refractivity contribution in [2.24, 2.45) is 0 Å². The molecular weight excluding hydrogens is 461 g/mol. The van der Waals surface area contributed by atoms with Crippen LogP contribution in [0.1, 0.15) is 17.9 Å². The van der Waals surface area contributed by atoms with Gasteiger partial charge in [-0.1, -0.05) is 47.1 Å². The summed E-state index contributed by atoms with van der Waals surface area (Å²) in [7, 11) is 0. The summed E-state index contributed by atoms with van der Waals surface area (Å²) in [4.78, 5) is 25.7. The molecular formula is C21H17Cl2N3O2S2. The fourth-order valence-corrected chi connectivity index (χ4v) is 4.55. The molecule has 0 saturated carbocycles. The summed E-state index contributed by atoms with van der Waals surface area (Å²) >= 11 is 14.6. The van der Waals surface area contributed by atoms with E-state index in [9.17, 15) is 14.9 Å². The summed E-state index contributed by atoms with van der Waals surface area (Å²) in [6, 6.07) is 14.8. The van der Waals surface area contributed by atoms with Crippen LogP contribution in [0.3, 0.4) is 0 Å². The van der Waals surface area contributed by atoms with Crippen LogP contribution in [-0.2, 0) is 9.59 Å². The minimum Gasteiger partial charge on any atom is -0.325 e. The number of allylic oxidation sites excluding steroid dienone is 1. The molecule has 0 bridgehead atoms. The van der Waals surface area contributed by atoms with Crippen LogP contribution < -0.4 is 10.6 Å². The predicted octanol–water partition coefficient (Wildman–Crippen LogP) is 5.43. The van der Waals surface area contributed by atoms with Crippen LogP contribution in [0.2, 0.25) is 10.0 Å². The summed E-state index contributed by atoms with van der Waals surface area (Å²) in [5.41, 5.74) is 1.88. The molecule has 0 spiro atoms. The van der Waals surface area contributed by atoms with E-state index in [2.05, 4.69) is 16.7 Å². The second kappa shape index (κ2) is 10.3. The Balaban J connectivity index is 1.74. The van der Waals surface area contributed by atoms with Crippen molar-refractivity contribution in [3.63, 3.8) is 0 Å². The van der Waals surface area contributed by atoms with E-state index in [1.54, 1.807) is 30.0 Å². The van der Waals surface area contributed by atoms with Gasteiger partial charge in [-0.05, 0) is 42.2 Å². The van der Waals surface area contributed by atoms with Gasteiger partial charge in [0.1, 0.15) is 0 Å². The van der Waals surface area contributed by atoms with Crippen molar-refractivity contribution in [3.05, 3.63) is 68.7 Å². The number of carbonyl (C=O) groups excluding carboxylic acids is 2. The van der Waals surface area contributed by atoms with Crippen molar-refractivity contribution >= 4 is 64.2 Å². The number of anilines is 1. The molecule has 0 unspecified atom stereocenters. The fraction of sp³-hybridized carbons (Fsp3) is 0.190. The average Bonchev–Trinajstić information content (AvgIpc) is 2.74. The SMILES string of the molecule is CSc1ccc([C@@H]2CC(=O)NC(SCC(=O)Nc3ccc(Cl)c(Cl)c3)=C2C#N)cc1. The second-order valence-corrected chi connectivity index (χ2v) is 9.08. The van der Waals surface area contributed by atoms with Crippen LogP contribution in [0, 0.1) is 11.3 Å². The van der Waals surface area contributed by atoms with E-state index in [1.807, 2.05) is 30.5 Å². The summed E-state index contributed by atoms with van der Waals surface area (Å²) in [5, 5.41) is 16.3. The molecule has 30 heavy (non-hydrogen) atoms. The van der Waals surface area contributed by atoms with E-state index >= 15 is 0 Å². The van der Waals surface area contributed by atoms with Crippen LogP contribution in [0.4, 0.5) is 5.69 Å². The molecule has 0 fully saturated rings. The van der Waals surface area contributed by atoms with E-state index in [0.717, 1.165) is 22.2 Å². The zero-order chi connectivity index (χ0) is 21.7. The number of rotatable bonds is 6. The number of nitrogens with zero attached hydrogens (tertiary/aromatic N) is 1. The van der Waals surface area contributed by atoms with E-state index in [-0.39, 0.29) is 29.9 Å². The zero-order valence-corrected chi connectivity index (χ0v) is 19.0. The fourth-order valence-electron chi connectivity index (χ4n) is 2.96. The number of amides is 2. The highest BCUT2D eigenvalue weighted by molar-refractivity contribution is 8.03. The van der Waals surface area contributed by atoms with Crippen molar-refractivity contribution in [2.45, 2.75) is 17.2 Å². The molecule has 1 heterocycles. The summed E-state index contributed by atoms with van der Waals surface area (Å²) in [5.74, 6) is -0.774. The van der Waals surface area contributed by atoms with Crippen LogP contribution in [-0.4, -0.2) is 23.8 Å². The highest BCUT2D eigenvalue weighted by Crippen LogP contribution is 2.36. The van der Waals surface area contributed by atoms with Crippen LogP contribution in [0.5, 0.6) is 0 Å². The maximum atomic E-state index is 12.3. The summed E-state index contributed by atoms with van der Waals surface area (Å²) in [6.07, 6.45) is 2.18. The van der Waals surface area contributed by atoms with Crippen molar-refractivity contribution in [3.8, 4) is 6.07 Å². The Morgan fingerprint density at radius 2 is 1.97 bits per heavy atom. The maximum absolute atomic E-state index is 12.3. The third-order valence-corrected chi connectivity index (χ3v) is 6.92. The second-order valence-electron chi connectivity index (χ2n) is 6.40. The lowest BCUT2D eigenvalue weighted by Crippen LogP contribution is -2.31. The molecule has 2 amide bonds. The van der Waals surface area contributed by atoms with Gasteiger partial charge in [-0.3, -0.25) is 9.59 Å². The number of nitrogens with one attached hydrogen (secondary N) is 2. The van der Waals surface area contributed by atoms with Gasteiger partial charge in [0.2, 0.25) is 11.8 Å². The number of benzene rings is 2. The Bertz CT molecular complexity index is 1050. The third kappa shape index (κ3) is 5.52. The molecule has 2 aromatic rings. The molecule has 0 saturated heterocycles. The van der Waals surface area contributed by atoms with Crippen molar-refractivity contribution in [1.82, 2.24) is 5.32 Å². The first-order chi connectivity index (χ1) is 14.4. The lowest BCUT2D eigenvalue weighted by atomic mass is 9.87. The Hall–Kier alpha value is -2.11. The minimum atomic E-state index is -0.333. The Kier molecular flexibility index (Phi) is 7.73. The first-order valence-electron chi connectivity index (χ1n) is 8.87. The van der Waals surface area contributed by atoms with Gasteiger partial charge in [-0.25, -0.2) is 0 Å². The number of thioether (sulfide) groups is 2. The van der Waals surface area contributed by atoms with Gasteiger partial charge in [0.05, 0.1) is 32.5 Å². The standard InChI is InChI=1S/C21H17Cl2N3O2S2/c1-29-14-5-2-12(3-6-14)15-9-19(27)26-21(16(15)10-24)30-11-20(28)25-13-4-7-17(22)18(23)8-13/h2-8,15H,9,11H2,1H3,(H,25,28)(H,26,27)/t15-/m0/s1. The molecule has 2 N–H and O–H groups in total. The first kappa shape index (κ1) is 22.6. The third-order valence-electron chi connectivity index (χ3n) is 4.43. The average molecular weight is 478 g/mol. The predicted molar refractivity (Wildman–Crippen MR) is 124 cm³/mol. The summed E-state index contributed by atoms with van der Waals surface area (Å²) < 4.78 is 0. The molecule has 0 aromatic heterocycles. The maximum Gasteiger partial charge on any atom is 0.234 e. The van der Waals surface area contributed by atoms with Gasteiger partial charge in [0.15, 0.2) is 0 Å². The molecule has 0 radical (unpaired) electrons. The van der Waals surface area contributed by atoms with E-state index in [1.165, 1.54) is 0 Å². The number of carbonyl (C=O) groups is 2. The molecule has 2 aromatic carbocycles. The molecule has 1 aliphatic heterocycles. The lowest BCUT2D eigenvalue weighted by Gasteiger charge is -2.25. The summed E-state index contributed by atoms with van der Waals surface area (Å²) in [6.45, 7) is 0. The van der Waals surface area contributed by atoms with Crippen molar-refractivity contribution < 1.29 is 9.59 Å². The van der Waals surface area contributed by atoms with Gasteiger partial charge >= 0.3 is 0 Å². The first-order valence-corrected chi connectivity index (χ1v) is 11.8. The number of hydrogen-bond acceptors (Lipinski definition) is 5. The zero-order valence-electron chi connectivity index (χ0n) is 15.9. The van der Waals surface area contributed by atoms with Crippen molar-refractivity contribution in [2.75, 3.05) is 17.3 Å². The Morgan fingerprint density at radius 3 is 2.60 bits per heavy atom. The van der Waals surface area contributed by atoms with E-state index in [0.29, 0.717) is 26.3 Å². The van der Waals surface area contributed by atoms with E-state index < -0.39 is 0 Å². The molecule has 0 aliphatic carbocycles. The minimum absolute atomic E-state index is 0.0270. The quantitative estimate of drug-likeness (QED) is 0.542. The Labute approximate surface area is 193 Å². The normalized spacial score (nSPS) is 16.1. The van der Waals surface area contributed by atoms with Gasteiger partial charge in [-0.2, -0.15) is 5.26 Å². The molecule has 154 valence electrons. The lowest BCUT2D eigenvalue weighted by molar-refractivity contribution is -0.121. The van der Waals surface area contributed by atoms with Gasteiger partial charge in [0, 0.05) is 22.9 Å².